The van der Waals surface area contributed by atoms with Gasteiger partial charge in [0.25, 0.3) is 0 Å². The molecule has 0 aliphatic rings. The third kappa shape index (κ3) is 6.39. The molecule has 98 valence electrons. The van der Waals surface area contributed by atoms with Crippen molar-refractivity contribution in [3.8, 4) is 0 Å². The predicted octanol–water partition coefficient (Wildman–Crippen LogP) is -0.186. The van der Waals surface area contributed by atoms with Crippen molar-refractivity contribution in [3.63, 3.8) is 0 Å². The van der Waals surface area contributed by atoms with E-state index in [-0.39, 0.29) is 22.8 Å². The van der Waals surface area contributed by atoms with Gasteiger partial charge in [-0.2, -0.15) is 0 Å². The van der Waals surface area contributed by atoms with E-state index in [1.165, 1.54) is 24.3 Å². The molecule has 18 heavy (non-hydrogen) atoms. The molecule has 1 aromatic carbocycles. The maximum atomic E-state index is 10.7. The maximum absolute atomic E-state index is 10.7. The second-order valence-corrected chi connectivity index (χ2v) is 4.70. The number of nitrogen functional groups attached to an aromatic ring is 1. The molecule has 2 rings (SSSR count). The van der Waals surface area contributed by atoms with Crippen LogP contribution in [0.3, 0.4) is 0 Å². The van der Waals surface area contributed by atoms with Crippen LogP contribution >= 0.6 is 0 Å². The van der Waals surface area contributed by atoms with Crippen molar-refractivity contribution in [2.75, 3.05) is 5.73 Å². The third-order valence-corrected chi connectivity index (χ3v) is 2.70. The van der Waals surface area contributed by atoms with Crippen LogP contribution in [0.1, 0.15) is 0 Å². The SMILES string of the molecule is Nc1ccc(S(N)(=O)=O)cc1.[AsH3].c1ccncc1. The summed E-state index contributed by atoms with van der Waals surface area (Å²) in [5, 5.41) is 4.84. The first-order valence-corrected chi connectivity index (χ1v) is 6.28. The minimum Gasteiger partial charge on any atom is -0.265 e. The van der Waals surface area contributed by atoms with Gasteiger partial charge in [0.05, 0.1) is 4.90 Å². The van der Waals surface area contributed by atoms with E-state index in [9.17, 15) is 8.42 Å². The zero-order chi connectivity index (χ0) is 12.7. The molecule has 4 N–H and O–H groups in total. The number of sulfonamides is 1. The second kappa shape index (κ2) is 7.87. The van der Waals surface area contributed by atoms with E-state index in [4.69, 9.17) is 10.9 Å². The number of pyridine rings is 1. The molecule has 0 aliphatic carbocycles. The standard InChI is InChI=1S/C6H8N2O2S.C5H5N.AsH3/c7-5-1-3-6(4-2-5)11(8,9)10;1-2-4-6-5-3-1;/h1-4H,7H2,(H2,8,9,10);1-5H;1H3. The molecule has 2 aromatic rings. The number of aromatic nitrogens is 1. The summed E-state index contributed by atoms with van der Waals surface area (Å²) in [5.74, 6) is 0. The zero-order valence-electron chi connectivity index (χ0n) is 9.73. The van der Waals surface area contributed by atoms with Gasteiger partial charge in [0.1, 0.15) is 0 Å². The van der Waals surface area contributed by atoms with Gasteiger partial charge in [0.15, 0.2) is 0 Å². The van der Waals surface area contributed by atoms with Gasteiger partial charge in [-0.05, 0) is 36.4 Å². The Kier molecular flexibility index (Phi) is 7.27. The van der Waals surface area contributed by atoms with Crippen molar-refractivity contribution >= 4 is 33.7 Å². The quantitative estimate of drug-likeness (QED) is 0.560. The van der Waals surface area contributed by atoms with Gasteiger partial charge in [-0.3, -0.25) is 4.98 Å². The van der Waals surface area contributed by atoms with Crippen LogP contribution in [0.5, 0.6) is 0 Å². The molecule has 0 bridgehead atoms. The summed E-state index contributed by atoms with van der Waals surface area (Å²) in [6.45, 7) is 0. The Hall–Kier alpha value is -1.36. The molecular formula is C11H16AsN3O2S. The second-order valence-electron chi connectivity index (χ2n) is 3.14. The Morgan fingerprint density at radius 3 is 1.72 bits per heavy atom. The zero-order valence-corrected chi connectivity index (χ0v) is 13.5. The molecule has 1 atom stereocenters. The third-order valence-electron chi connectivity index (χ3n) is 1.78. The molecular weight excluding hydrogens is 313 g/mol. The summed E-state index contributed by atoms with van der Waals surface area (Å²) in [5.41, 5.74) is 5.85. The fourth-order valence-corrected chi connectivity index (χ4v) is 1.49. The van der Waals surface area contributed by atoms with Crippen LogP contribution in [-0.2, 0) is 10.0 Å². The predicted molar refractivity (Wildman–Crippen MR) is 76.4 cm³/mol. The van der Waals surface area contributed by atoms with E-state index in [2.05, 4.69) is 4.98 Å². The van der Waals surface area contributed by atoms with Crippen molar-refractivity contribution in [1.29, 1.82) is 0 Å². The van der Waals surface area contributed by atoms with Crippen LogP contribution in [0.2, 0.25) is 0 Å². The Bertz CT molecular complexity index is 518. The molecule has 5 nitrogen and oxygen atoms in total. The van der Waals surface area contributed by atoms with E-state index in [1.807, 2.05) is 18.2 Å². The van der Waals surface area contributed by atoms with Crippen LogP contribution < -0.4 is 10.9 Å². The smallest absolute Gasteiger partial charge is 0.0267 e. The number of rotatable bonds is 1. The average molecular weight is 329 g/mol. The first-order valence-electron chi connectivity index (χ1n) is 4.73. The topological polar surface area (TPSA) is 99.1 Å². The number of benzene rings is 1. The molecule has 0 fully saturated rings. The summed E-state index contributed by atoms with van der Waals surface area (Å²) in [6.07, 6.45) is 3.50. The Morgan fingerprint density at radius 2 is 1.44 bits per heavy atom. The normalized spacial score (nSPS) is 9.61. The molecule has 1 heterocycles. The van der Waals surface area contributed by atoms with E-state index in [0.717, 1.165) is 0 Å². The molecule has 0 amide bonds. The van der Waals surface area contributed by atoms with Gasteiger partial charge >= 0.3 is 18.0 Å². The van der Waals surface area contributed by atoms with Crippen molar-refractivity contribution in [2.45, 2.75) is 4.90 Å². The fraction of sp³-hybridized carbons (Fsp3) is 0. The van der Waals surface area contributed by atoms with Gasteiger partial charge in [-0.1, -0.05) is 6.07 Å². The molecule has 0 radical (unpaired) electrons. The Balaban J connectivity index is 0.000000352. The van der Waals surface area contributed by atoms with Gasteiger partial charge in [0, 0.05) is 18.1 Å². The van der Waals surface area contributed by atoms with Crippen LogP contribution in [0.4, 0.5) is 5.69 Å². The summed E-state index contributed by atoms with van der Waals surface area (Å²) in [6, 6.07) is 11.4. The fourth-order valence-electron chi connectivity index (χ4n) is 0.970. The molecule has 0 saturated carbocycles. The number of hydrogen-bond acceptors (Lipinski definition) is 4. The average Bonchev–Trinajstić information content (AvgIpc) is 2.31. The van der Waals surface area contributed by atoms with Crippen LogP contribution in [0, 0.1) is 0 Å². The van der Waals surface area contributed by atoms with Crippen LogP contribution in [0.25, 0.3) is 0 Å². The first kappa shape index (κ1) is 16.6. The van der Waals surface area contributed by atoms with E-state index < -0.39 is 10.0 Å². The van der Waals surface area contributed by atoms with E-state index in [1.54, 1.807) is 12.4 Å². The molecule has 1 unspecified atom stereocenters. The summed E-state index contributed by atoms with van der Waals surface area (Å²) >= 11 is 0. The van der Waals surface area contributed by atoms with Crippen molar-refractivity contribution in [3.05, 3.63) is 54.9 Å². The molecule has 0 spiro atoms. The Morgan fingerprint density at radius 1 is 0.944 bits per heavy atom. The number of hydrogen-bond donors (Lipinski definition) is 2. The monoisotopic (exact) mass is 329 g/mol. The summed E-state index contributed by atoms with van der Waals surface area (Å²) in [7, 11) is -3.58. The molecule has 0 aliphatic heterocycles. The van der Waals surface area contributed by atoms with Gasteiger partial charge in [0.2, 0.25) is 10.0 Å². The van der Waals surface area contributed by atoms with E-state index >= 15 is 0 Å². The van der Waals surface area contributed by atoms with Crippen molar-refractivity contribution in [2.24, 2.45) is 5.14 Å². The summed E-state index contributed by atoms with van der Waals surface area (Å²) in [4.78, 5) is 3.86. The Labute approximate surface area is 118 Å². The number of nitrogens with two attached hydrogens (primary N) is 2. The number of anilines is 1. The minimum absolute atomic E-state index is 0. The van der Waals surface area contributed by atoms with E-state index in [0.29, 0.717) is 5.69 Å². The minimum atomic E-state index is -3.58. The molecule has 0 saturated heterocycles. The van der Waals surface area contributed by atoms with Crippen LogP contribution in [0.15, 0.2) is 59.8 Å². The van der Waals surface area contributed by atoms with Crippen LogP contribution in [-0.4, -0.2) is 31.4 Å². The molecule has 1 aromatic heterocycles. The number of primary sulfonamides is 1. The summed E-state index contributed by atoms with van der Waals surface area (Å²) < 4.78 is 21.4. The number of nitrogens with zero attached hydrogens (tertiary/aromatic N) is 1. The van der Waals surface area contributed by atoms with Crippen molar-refractivity contribution in [1.82, 2.24) is 4.98 Å². The van der Waals surface area contributed by atoms with Gasteiger partial charge in [-0.15, -0.1) is 0 Å². The first-order chi connectivity index (χ1) is 8.00. The van der Waals surface area contributed by atoms with Crippen molar-refractivity contribution < 1.29 is 8.42 Å². The largest absolute Gasteiger partial charge is 0.265 e. The maximum Gasteiger partial charge on any atom is 0.0267 e. The van der Waals surface area contributed by atoms with Gasteiger partial charge in [-0.25, -0.2) is 13.6 Å². The van der Waals surface area contributed by atoms with Gasteiger partial charge < -0.3 is 5.73 Å². The molecule has 7 heteroatoms.